The summed E-state index contributed by atoms with van der Waals surface area (Å²) in [4.78, 5) is 20.9. The lowest BCUT2D eigenvalue weighted by Gasteiger charge is -2.19. The summed E-state index contributed by atoms with van der Waals surface area (Å²) >= 11 is 0. The molecule has 1 unspecified atom stereocenters. The van der Waals surface area contributed by atoms with Crippen molar-refractivity contribution in [3.63, 3.8) is 0 Å². The van der Waals surface area contributed by atoms with Gasteiger partial charge in [-0.2, -0.15) is 0 Å². The van der Waals surface area contributed by atoms with Crippen LogP contribution in [0.2, 0.25) is 0 Å². The summed E-state index contributed by atoms with van der Waals surface area (Å²) < 4.78 is 23.4. The molecule has 0 aliphatic heterocycles. The molecule has 36 heavy (non-hydrogen) atoms. The van der Waals surface area contributed by atoms with Crippen molar-refractivity contribution in [1.29, 1.82) is 0 Å². The highest BCUT2D eigenvalue weighted by Gasteiger charge is 2.26. The Morgan fingerprint density at radius 2 is 1.92 bits per heavy atom. The molecule has 0 spiro atoms. The fourth-order valence-electron chi connectivity index (χ4n) is 4.48. The quantitative estimate of drug-likeness (QED) is 0.220. The zero-order valence-corrected chi connectivity index (χ0v) is 21.9. The minimum atomic E-state index is -0.453. The zero-order valence-electron chi connectivity index (χ0n) is 21.9. The van der Waals surface area contributed by atoms with Crippen LogP contribution in [0.5, 0.6) is 11.6 Å². The molecule has 0 N–H and O–H groups in total. The molecule has 0 bridgehead atoms. The van der Waals surface area contributed by atoms with Crippen LogP contribution >= 0.6 is 0 Å². The molecule has 4 rings (SSSR count). The Bertz CT molecular complexity index is 1220. The van der Waals surface area contributed by atoms with E-state index in [0.29, 0.717) is 18.0 Å². The van der Waals surface area contributed by atoms with Gasteiger partial charge >= 0.3 is 5.97 Å². The van der Waals surface area contributed by atoms with E-state index in [0.717, 1.165) is 66.5 Å². The van der Waals surface area contributed by atoms with Crippen molar-refractivity contribution in [3.8, 4) is 22.8 Å². The van der Waals surface area contributed by atoms with Gasteiger partial charge in [-0.1, -0.05) is 18.2 Å². The molecule has 7 heteroatoms. The van der Waals surface area contributed by atoms with Crippen molar-refractivity contribution >= 4 is 22.6 Å². The van der Waals surface area contributed by atoms with Crippen LogP contribution in [-0.2, 0) is 9.53 Å². The molecule has 1 aliphatic carbocycles. The Balaban J connectivity index is 1.54. The molecule has 192 valence electrons. The summed E-state index contributed by atoms with van der Waals surface area (Å²) in [5, 5.41) is 0.783. The molecule has 1 aliphatic rings. The van der Waals surface area contributed by atoms with Crippen LogP contribution in [0.4, 0.5) is 0 Å². The molecular formula is C29H36N2O5. The first-order valence-corrected chi connectivity index (χ1v) is 12.7. The van der Waals surface area contributed by atoms with Crippen LogP contribution < -0.4 is 9.47 Å². The van der Waals surface area contributed by atoms with Crippen LogP contribution in [-0.4, -0.2) is 34.8 Å². The number of aromatic nitrogens is 2. The summed E-state index contributed by atoms with van der Waals surface area (Å²) in [6, 6.07) is 7.94. The summed E-state index contributed by atoms with van der Waals surface area (Å²) in [6.45, 7) is 7.67. The Labute approximate surface area is 212 Å². The molecule has 0 saturated heterocycles. The first kappa shape index (κ1) is 25.7. The Morgan fingerprint density at radius 1 is 1.14 bits per heavy atom. The number of fused-ring (bicyclic) bond motifs is 1. The van der Waals surface area contributed by atoms with E-state index in [1.54, 1.807) is 7.11 Å². The summed E-state index contributed by atoms with van der Waals surface area (Å²) in [6.07, 6.45) is 9.58. The van der Waals surface area contributed by atoms with Crippen molar-refractivity contribution in [2.24, 2.45) is 0 Å². The molecule has 3 aromatic rings. The van der Waals surface area contributed by atoms with Gasteiger partial charge in [0.2, 0.25) is 11.6 Å². The second-order valence-corrected chi connectivity index (χ2v) is 10.3. The van der Waals surface area contributed by atoms with Crippen LogP contribution in [0.25, 0.3) is 27.8 Å². The topological polar surface area (TPSA) is 83.7 Å². The van der Waals surface area contributed by atoms with Gasteiger partial charge in [-0.15, -0.1) is 0 Å². The third-order valence-corrected chi connectivity index (χ3v) is 6.14. The molecule has 0 fully saturated rings. The van der Waals surface area contributed by atoms with E-state index in [1.165, 1.54) is 11.9 Å². The first-order valence-electron chi connectivity index (χ1n) is 12.7. The minimum Gasteiger partial charge on any atom is -0.497 e. The number of furan rings is 1. The maximum atomic E-state index is 12.0. The van der Waals surface area contributed by atoms with Gasteiger partial charge in [0, 0.05) is 12.0 Å². The van der Waals surface area contributed by atoms with Crippen molar-refractivity contribution in [2.75, 3.05) is 7.11 Å². The summed E-state index contributed by atoms with van der Waals surface area (Å²) in [5.74, 6) is 1.98. The first-order chi connectivity index (χ1) is 17.2. The molecule has 0 amide bonds. The molecule has 2 aromatic heterocycles. The van der Waals surface area contributed by atoms with Gasteiger partial charge in [0.05, 0.1) is 13.2 Å². The monoisotopic (exact) mass is 492 g/mol. The predicted molar refractivity (Wildman–Crippen MR) is 140 cm³/mol. The number of methoxy groups -OCH3 is 1. The van der Waals surface area contributed by atoms with Crippen LogP contribution in [0.3, 0.4) is 0 Å². The Morgan fingerprint density at radius 3 is 2.58 bits per heavy atom. The average Bonchev–Trinajstić information content (AvgIpc) is 3.49. The minimum absolute atomic E-state index is 0.0884. The molecule has 0 saturated carbocycles. The molecular weight excluding hydrogens is 456 g/mol. The van der Waals surface area contributed by atoms with E-state index < -0.39 is 5.60 Å². The van der Waals surface area contributed by atoms with E-state index in [-0.39, 0.29) is 12.1 Å². The normalized spacial score (nSPS) is 14.5. The van der Waals surface area contributed by atoms with Gasteiger partial charge in [0.1, 0.15) is 28.8 Å². The standard InChI is InChI=1S/C29H36N2O5/c1-19(10-6-9-13-23(32)36-29(2,3)4)34-27-25-24(20-14-16-22(33-5)17-15-20)26(21-11-7-8-12-21)35-28(25)31-18-30-27/h11,14-19H,6-10,12-13H2,1-5H3. The van der Waals surface area contributed by atoms with Crippen LogP contribution in [0, 0.1) is 0 Å². The molecule has 0 radical (unpaired) electrons. The largest absolute Gasteiger partial charge is 0.497 e. The Hall–Kier alpha value is -3.35. The number of unbranched alkanes of at least 4 members (excludes halogenated alkanes) is 1. The SMILES string of the molecule is COc1ccc(-c2c(C3=CCCC3)oc3ncnc(OC(C)CCCCC(=O)OC(C)(C)C)c23)cc1. The van der Waals surface area contributed by atoms with E-state index in [4.69, 9.17) is 18.6 Å². The zero-order chi connectivity index (χ0) is 25.7. The van der Waals surface area contributed by atoms with E-state index in [2.05, 4.69) is 16.0 Å². The van der Waals surface area contributed by atoms with E-state index >= 15 is 0 Å². The van der Waals surface area contributed by atoms with E-state index in [9.17, 15) is 4.79 Å². The van der Waals surface area contributed by atoms with Gasteiger partial charge in [0.25, 0.3) is 0 Å². The number of nitrogens with zero attached hydrogens (tertiary/aromatic N) is 2. The fourth-order valence-corrected chi connectivity index (χ4v) is 4.48. The third kappa shape index (κ3) is 6.25. The van der Waals surface area contributed by atoms with Gasteiger partial charge in [0.15, 0.2) is 0 Å². The number of allylic oxidation sites excluding steroid dienone is 2. The number of ether oxygens (including phenoxy) is 3. The molecule has 1 atom stereocenters. The summed E-state index contributed by atoms with van der Waals surface area (Å²) in [5.41, 5.74) is 3.21. The second kappa shape index (κ2) is 11.1. The lowest BCUT2D eigenvalue weighted by Crippen LogP contribution is -2.23. The molecule has 1 aromatic carbocycles. The third-order valence-electron chi connectivity index (χ3n) is 6.14. The smallest absolute Gasteiger partial charge is 0.306 e. The van der Waals surface area contributed by atoms with Crippen molar-refractivity contribution in [3.05, 3.63) is 42.4 Å². The van der Waals surface area contributed by atoms with Crippen molar-refractivity contribution in [1.82, 2.24) is 9.97 Å². The fraction of sp³-hybridized carbons (Fsp3) is 0.483. The number of carbonyl (C=O) groups is 1. The predicted octanol–water partition coefficient (Wildman–Crippen LogP) is 7.14. The number of benzene rings is 1. The number of carbonyl (C=O) groups excluding carboxylic acids is 1. The molecule has 7 nitrogen and oxygen atoms in total. The van der Waals surface area contributed by atoms with Crippen LogP contribution in [0.1, 0.15) is 78.4 Å². The maximum Gasteiger partial charge on any atom is 0.306 e. The number of rotatable bonds is 10. The van der Waals surface area contributed by atoms with Crippen molar-refractivity contribution < 1.29 is 23.4 Å². The highest BCUT2D eigenvalue weighted by Crippen LogP contribution is 2.44. The lowest BCUT2D eigenvalue weighted by molar-refractivity contribution is -0.154. The van der Waals surface area contributed by atoms with Gasteiger partial charge in [-0.25, -0.2) is 9.97 Å². The second-order valence-electron chi connectivity index (χ2n) is 10.3. The highest BCUT2D eigenvalue weighted by molar-refractivity contribution is 6.01. The molecule has 2 heterocycles. The number of hydrogen-bond donors (Lipinski definition) is 0. The number of esters is 1. The maximum absolute atomic E-state index is 12.0. The van der Waals surface area contributed by atoms with Crippen LogP contribution in [0.15, 0.2) is 41.1 Å². The van der Waals surface area contributed by atoms with Gasteiger partial charge < -0.3 is 18.6 Å². The summed E-state index contributed by atoms with van der Waals surface area (Å²) in [7, 11) is 1.66. The van der Waals surface area contributed by atoms with Gasteiger partial charge in [-0.3, -0.25) is 4.79 Å². The Kier molecular flexibility index (Phi) is 7.97. The highest BCUT2D eigenvalue weighted by atomic mass is 16.6. The number of hydrogen-bond acceptors (Lipinski definition) is 7. The van der Waals surface area contributed by atoms with Crippen molar-refractivity contribution in [2.45, 2.75) is 84.3 Å². The van der Waals surface area contributed by atoms with E-state index in [1.807, 2.05) is 52.0 Å². The van der Waals surface area contributed by atoms with Gasteiger partial charge in [-0.05, 0) is 89.5 Å². The average molecular weight is 493 g/mol. The lowest BCUT2D eigenvalue weighted by atomic mass is 9.99.